The van der Waals surface area contributed by atoms with Crippen molar-refractivity contribution in [3.8, 4) is 35.3 Å². The molecule has 216 valence electrons. The molecule has 0 aliphatic carbocycles. The molecule has 0 spiro atoms. The van der Waals surface area contributed by atoms with Crippen molar-refractivity contribution < 1.29 is 14.2 Å². The van der Waals surface area contributed by atoms with E-state index < -0.39 is 0 Å². The molecule has 1 heterocycles. The Morgan fingerprint density at radius 3 is 1.00 bits per heavy atom. The molecule has 0 aliphatic heterocycles. The van der Waals surface area contributed by atoms with Crippen molar-refractivity contribution in [2.75, 3.05) is 0 Å². The van der Waals surface area contributed by atoms with Gasteiger partial charge in [0.1, 0.15) is 17.2 Å². The molecule has 6 heteroatoms. The summed E-state index contributed by atoms with van der Waals surface area (Å²) in [7, 11) is 0. The molecule has 0 amide bonds. The molecule has 4 aromatic rings. The molecule has 0 atom stereocenters. The number of allylic oxidation sites excluding steroid dienone is 3. The highest BCUT2D eigenvalue weighted by Gasteiger charge is 2.19. The van der Waals surface area contributed by atoms with E-state index in [9.17, 15) is 0 Å². The SMILES string of the molecule is C=C(C)Cc1cccc(C)c1Oc1nc(Oc2c(C)cccc2CC(=C)C)nc(Oc2c(C)cccc2CC(=C)C)n1. The summed E-state index contributed by atoms with van der Waals surface area (Å²) in [5.74, 6) is 2.00. The van der Waals surface area contributed by atoms with Crippen LogP contribution in [0.1, 0.15) is 54.2 Å². The van der Waals surface area contributed by atoms with E-state index in [4.69, 9.17) is 14.2 Å². The zero-order chi connectivity index (χ0) is 30.4. The van der Waals surface area contributed by atoms with Crippen LogP contribution in [0, 0.1) is 20.8 Å². The Bertz CT molecular complexity index is 1450. The van der Waals surface area contributed by atoms with Gasteiger partial charge in [-0.2, -0.15) is 0 Å². The molecule has 4 rings (SSSR count). The summed E-state index contributed by atoms with van der Waals surface area (Å²) in [6, 6.07) is 18.2. The largest absolute Gasteiger partial charge is 0.423 e. The van der Waals surface area contributed by atoms with Crippen molar-refractivity contribution in [1.29, 1.82) is 0 Å². The summed E-state index contributed by atoms with van der Waals surface area (Å²) >= 11 is 0. The molecule has 0 unspecified atom stereocenters. The molecule has 6 nitrogen and oxygen atoms in total. The predicted octanol–water partition coefficient (Wildman–Crippen LogP) is 9.53. The summed E-state index contributed by atoms with van der Waals surface area (Å²) in [5.41, 5.74) is 8.85. The second kappa shape index (κ2) is 13.3. The van der Waals surface area contributed by atoms with Crippen LogP contribution in [0.15, 0.2) is 91.1 Å². The van der Waals surface area contributed by atoms with E-state index >= 15 is 0 Å². The van der Waals surface area contributed by atoms with E-state index in [1.54, 1.807) is 0 Å². The maximum atomic E-state index is 6.36. The third-order valence-electron chi connectivity index (χ3n) is 6.51. The van der Waals surface area contributed by atoms with E-state index in [1.807, 2.05) is 96.1 Å². The van der Waals surface area contributed by atoms with Crippen LogP contribution in [0.25, 0.3) is 0 Å². The van der Waals surface area contributed by atoms with Crippen LogP contribution in [0.3, 0.4) is 0 Å². The molecule has 0 saturated carbocycles. The minimum Gasteiger partial charge on any atom is -0.423 e. The van der Waals surface area contributed by atoms with E-state index in [1.165, 1.54) is 0 Å². The van der Waals surface area contributed by atoms with Gasteiger partial charge in [0.25, 0.3) is 0 Å². The van der Waals surface area contributed by atoms with Gasteiger partial charge < -0.3 is 14.2 Å². The standard InChI is InChI=1S/C36H39N3O3/c1-22(2)19-28-16-10-13-25(7)31(28)40-34-37-35(41-32-26(8)14-11-17-29(32)20-23(3)4)39-36(38-34)42-33-27(9)15-12-18-30(33)21-24(5)6/h10-18H,1,3,5,19-21H2,2,4,6-9H3. The quantitative estimate of drug-likeness (QED) is 0.160. The van der Waals surface area contributed by atoms with Crippen molar-refractivity contribution in [2.24, 2.45) is 0 Å². The van der Waals surface area contributed by atoms with Gasteiger partial charge in [0.05, 0.1) is 0 Å². The average molecular weight is 562 g/mol. The Morgan fingerprint density at radius 1 is 0.500 bits per heavy atom. The molecular weight excluding hydrogens is 522 g/mol. The van der Waals surface area contributed by atoms with Crippen LogP contribution in [-0.4, -0.2) is 15.0 Å². The number of hydrogen-bond acceptors (Lipinski definition) is 6. The van der Waals surface area contributed by atoms with Crippen molar-refractivity contribution >= 4 is 0 Å². The number of rotatable bonds is 12. The number of aromatic nitrogens is 3. The fraction of sp³-hybridized carbons (Fsp3) is 0.250. The number of aryl methyl sites for hydroxylation is 3. The van der Waals surface area contributed by atoms with Crippen LogP contribution >= 0.6 is 0 Å². The fourth-order valence-electron chi connectivity index (χ4n) is 4.70. The van der Waals surface area contributed by atoms with Gasteiger partial charge in [-0.05, 0) is 94.2 Å². The van der Waals surface area contributed by atoms with Crippen LogP contribution in [0.2, 0.25) is 0 Å². The Labute approximate surface area is 249 Å². The molecule has 3 aromatic carbocycles. The lowest BCUT2D eigenvalue weighted by Crippen LogP contribution is -2.05. The first kappa shape index (κ1) is 30.3. The Balaban J connectivity index is 1.82. The van der Waals surface area contributed by atoms with Gasteiger partial charge in [-0.25, -0.2) is 0 Å². The molecular formula is C36H39N3O3. The monoisotopic (exact) mass is 561 g/mol. The second-order valence-electron chi connectivity index (χ2n) is 11.1. The molecule has 0 fully saturated rings. The normalized spacial score (nSPS) is 10.7. The smallest absolute Gasteiger partial charge is 0.331 e. The van der Waals surface area contributed by atoms with E-state index in [2.05, 4.69) is 34.7 Å². The van der Waals surface area contributed by atoms with Gasteiger partial charge in [-0.1, -0.05) is 91.1 Å². The third kappa shape index (κ3) is 7.72. The predicted molar refractivity (Wildman–Crippen MR) is 169 cm³/mol. The van der Waals surface area contributed by atoms with Gasteiger partial charge in [-0.15, -0.1) is 15.0 Å². The molecule has 0 aliphatic rings. The highest BCUT2D eigenvalue weighted by atomic mass is 16.5. The summed E-state index contributed by atoms with van der Waals surface area (Å²) in [6.07, 6.45) is 1.99. The van der Waals surface area contributed by atoms with Gasteiger partial charge in [0, 0.05) is 0 Å². The number of benzene rings is 3. The topological polar surface area (TPSA) is 66.4 Å². The summed E-state index contributed by atoms with van der Waals surface area (Å²) in [6.45, 7) is 24.2. The van der Waals surface area contributed by atoms with E-state index in [0.717, 1.165) is 50.1 Å². The van der Waals surface area contributed by atoms with Crippen LogP contribution in [0.4, 0.5) is 0 Å². The van der Waals surface area contributed by atoms with Gasteiger partial charge in [0.2, 0.25) is 0 Å². The lowest BCUT2D eigenvalue weighted by molar-refractivity contribution is 0.356. The van der Waals surface area contributed by atoms with Crippen molar-refractivity contribution in [1.82, 2.24) is 15.0 Å². The van der Waals surface area contributed by atoms with E-state index in [-0.39, 0.29) is 18.0 Å². The fourth-order valence-corrected chi connectivity index (χ4v) is 4.70. The van der Waals surface area contributed by atoms with Crippen molar-refractivity contribution in [2.45, 2.75) is 60.8 Å². The van der Waals surface area contributed by atoms with Gasteiger partial charge >= 0.3 is 18.0 Å². The van der Waals surface area contributed by atoms with Crippen molar-refractivity contribution in [3.63, 3.8) is 0 Å². The highest BCUT2D eigenvalue weighted by molar-refractivity contribution is 5.47. The first-order chi connectivity index (χ1) is 20.0. The molecule has 0 radical (unpaired) electrons. The average Bonchev–Trinajstić information content (AvgIpc) is 2.89. The molecule has 0 N–H and O–H groups in total. The van der Waals surface area contributed by atoms with Crippen LogP contribution < -0.4 is 14.2 Å². The second-order valence-corrected chi connectivity index (χ2v) is 11.1. The van der Waals surface area contributed by atoms with Gasteiger partial charge in [-0.3, -0.25) is 0 Å². The van der Waals surface area contributed by atoms with Crippen molar-refractivity contribution in [3.05, 3.63) is 124 Å². The maximum Gasteiger partial charge on any atom is 0.331 e. The summed E-state index contributed by atoms with van der Waals surface area (Å²) < 4.78 is 19.1. The molecule has 42 heavy (non-hydrogen) atoms. The molecule has 0 bridgehead atoms. The minimum atomic E-state index is 0.0670. The van der Waals surface area contributed by atoms with Crippen LogP contribution in [0.5, 0.6) is 35.3 Å². The highest BCUT2D eigenvalue weighted by Crippen LogP contribution is 2.35. The van der Waals surface area contributed by atoms with E-state index in [0.29, 0.717) is 36.5 Å². The first-order valence-electron chi connectivity index (χ1n) is 14.0. The summed E-state index contributed by atoms with van der Waals surface area (Å²) in [4.78, 5) is 13.7. The molecule has 1 aromatic heterocycles. The number of nitrogens with zero attached hydrogens (tertiary/aromatic N) is 3. The number of para-hydroxylation sites is 3. The zero-order valence-electron chi connectivity index (χ0n) is 25.5. The maximum absolute atomic E-state index is 6.36. The third-order valence-corrected chi connectivity index (χ3v) is 6.51. The number of ether oxygens (including phenoxy) is 3. The Hall–Kier alpha value is -4.71. The lowest BCUT2D eigenvalue weighted by atomic mass is 10.0. The zero-order valence-corrected chi connectivity index (χ0v) is 25.5. The summed E-state index contributed by atoms with van der Waals surface area (Å²) in [5, 5.41) is 0. The lowest BCUT2D eigenvalue weighted by Gasteiger charge is -2.17. The molecule has 0 saturated heterocycles. The Morgan fingerprint density at radius 2 is 0.762 bits per heavy atom. The first-order valence-corrected chi connectivity index (χ1v) is 14.0. The number of hydrogen-bond donors (Lipinski definition) is 0. The Kier molecular flexibility index (Phi) is 9.58. The minimum absolute atomic E-state index is 0.0670. The van der Waals surface area contributed by atoms with Gasteiger partial charge in [0.15, 0.2) is 0 Å². The van der Waals surface area contributed by atoms with Crippen LogP contribution in [-0.2, 0) is 19.3 Å².